The van der Waals surface area contributed by atoms with Crippen molar-refractivity contribution < 1.29 is 9.90 Å². The van der Waals surface area contributed by atoms with Gasteiger partial charge >= 0.3 is 0 Å². The van der Waals surface area contributed by atoms with Crippen LogP contribution in [0.2, 0.25) is 0 Å². The van der Waals surface area contributed by atoms with Gasteiger partial charge in [-0.25, -0.2) is 4.98 Å². The summed E-state index contributed by atoms with van der Waals surface area (Å²) in [6.45, 7) is 4.97. The van der Waals surface area contributed by atoms with Crippen LogP contribution in [0.25, 0.3) is 0 Å². The second-order valence-electron chi connectivity index (χ2n) is 10.5. The van der Waals surface area contributed by atoms with Crippen LogP contribution in [0.4, 0.5) is 5.69 Å². The van der Waals surface area contributed by atoms with Crippen molar-refractivity contribution in [3.63, 3.8) is 0 Å². The molecule has 1 aromatic heterocycles. The highest BCUT2D eigenvalue weighted by molar-refractivity contribution is 7.09. The van der Waals surface area contributed by atoms with Gasteiger partial charge in [0.25, 0.3) is 5.91 Å². The number of unbranched alkanes of at least 4 members (excludes halogenated alkanes) is 1. The fourth-order valence-electron chi connectivity index (χ4n) is 6.24. The normalized spacial score (nSPS) is 25.9. The molecular weight excluding hydrogens is 442 g/mol. The maximum absolute atomic E-state index is 13.4. The molecule has 0 spiro atoms. The number of carbonyl (C=O) groups excluding carboxylic acids is 1. The number of aliphatic hydroxyl groups excluding tert-OH is 1. The molecule has 1 aliphatic carbocycles. The summed E-state index contributed by atoms with van der Waals surface area (Å²) < 4.78 is 0. The monoisotopic (exact) mass is 481 g/mol. The smallest absolute Gasteiger partial charge is 0.273 e. The van der Waals surface area contributed by atoms with Crippen molar-refractivity contribution in [3.8, 4) is 0 Å². The number of aliphatic hydroxyl groups is 1. The highest BCUT2D eigenvalue weighted by atomic mass is 32.1. The average Bonchev–Trinajstić information content (AvgIpc) is 3.38. The zero-order valence-corrected chi connectivity index (χ0v) is 21.3. The van der Waals surface area contributed by atoms with Crippen LogP contribution in [0.1, 0.15) is 91.7 Å². The van der Waals surface area contributed by atoms with Crippen LogP contribution in [0.5, 0.6) is 0 Å². The van der Waals surface area contributed by atoms with Gasteiger partial charge in [0.15, 0.2) is 0 Å². The summed E-state index contributed by atoms with van der Waals surface area (Å²) in [6, 6.07) is 9.31. The molecule has 1 saturated carbocycles. The second-order valence-corrected chi connectivity index (χ2v) is 11.4. The molecule has 2 saturated heterocycles. The molecule has 2 aromatic rings. The van der Waals surface area contributed by atoms with E-state index in [0.717, 1.165) is 50.2 Å². The summed E-state index contributed by atoms with van der Waals surface area (Å²) in [5.74, 6) is 0.763. The Kier molecular flexibility index (Phi) is 7.55. The molecule has 1 aromatic carbocycles. The molecule has 3 atom stereocenters. The number of piperidine rings is 2. The molecule has 1 amide bonds. The molecule has 184 valence electrons. The third kappa shape index (κ3) is 5.03. The van der Waals surface area contributed by atoms with Gasteiger partial charge in [0, 0.05) is 48.6 Å². The highest BCUT2D eigenvalue weighted by Crippen LogP contribution is 2.37. The number of rotatable bonds is 6. The number of benzene rings is 1. The zero-order chi connectivity index (χ0) is 23.5. The molecule has 0 radical (unpaired) electrons. The van der Waals surface area contributed by atoms with Crippen LogP contribution in [-0.2, 0) is 6.42 Å². The van der Waals surface area contributed by atoms with Crippen LogP contribution in [0, 0.1) is 5.92 Å². The van der Waals surface area contributed by atoms with Crippen LogP contribution in [0.3, 0.4) is 0 Å². The minimum atomic E-state index is -0.252. The van der Waals surface area contributed by atoms with Crippen molar-refractivity contribution >= 4 is 22.9 Å². The molecule has 3 aliphatic rings. The van der Waals surface area contributed by atoms with E-state index in [-0.39, 0.29) is 24.0 Å². The van der Waals surface area contributed by atoms with Gasteiger partial charge in [-0.1, -0.05) is 38.3 Å². The first kappa shape index (κ1) is 23.8. The number of thiazole rings is 1. The molecule has 2 aliphatic heterocycles. The van der Waals surface area contributed by atoms with Crippen LogP contribution < -0.4 is 4.90 Å². The maximum Gasteiger partial charge on any atom is 0.273 e. The van der Waals surface area contributed by atoms with Gasteiger partial charge in [-0.2, -0.15) is 0 Å². The van der Waals surface area contributed by atoms with E-state index in [1.54, 1.807) is 11.3 Å². The lowest BCUT2D eigenvalue weighted by molar-refractivity contribution is -0.0264. The number of carbonyl (C=O) groups is 1. The Morgan fingerprint density at radius 3 is 2.59 bits per heavy atom. The Hall–Kier alpha value is -1.92. The zero-order valence-electron chi connectivity index (χ0n) is 20.5. The predicted octanol–water partition coefficient (Wildman–Crippen LogP) is 5.64. The molecule has 5 nitrogen and oxygen atoms in total. The van der Waals surface area contributed by atoms with Crippen LogP contribution in [-0.4, -0.2) is 52.7 Å². The summed E-state index contributed by atoms with van der Waals surface area (Å²) in [6.07, 6.45) is 10.6. The first-order valence-corrected chi connectivity index (χ1v) is 14.3. The topological polar surface area (TPSA) is 56.7 Å². The molecule has 3 fully saturated rings. The lowest BCUT2D eigenvalue weighted by Crippen LogP contribution is -2.54. The quantitative estimate of drug-likeness (QED) is 0.580. The number of amides is 1. The van der Waals surface area contributed by atoms with E-state index in [1.165, 1.54) is 36.9 Å². The molecular formula is C28H39N3O2S. The Bertz CT molecular complexity index is 951. The van der Waals surface area contributed by atoms with Gasteiger partial charge in [0.2, 0.25) is 0 Å². The Labute approximate surface area is 208 Å². The summed E-state index contributed by atoms with van der Waals surface area (Å²) in [7, 11) is 0. The largest absolute Gasteiger partial charge is 0.393 e. The van der Waals surface area contributed by atoms with Crippen molar-refractivity contribution in [2.75, 3.05) is 24.5 Å². The highest BCUT2D eigenvalue weighted by Gasteiger charge is 2.41. The van der Waals surface area contributed by atoms with E-state index in [0.29, 0.717) is 24.6 Å². The van der Waals surface area contributed by atoms with E-state index in [2.05, 4.69) is 36.1 Å². The summed E-state index contributed by atoms with van der Waals surface area (Å²) in [5.41, 5.74) is 3.37. The second kappa shape index (κ2) is 10.8. The third-order valence-electron chi connectivity index (χ3n) is 8.31. The van der Waals surface area contributed by atoms with E-state index < -0.39 is 0 Å². The third-order valence-corrected chi connectivity index (χ3v) is 9.32. The summed E-state index contributed by atoms with van der Waals surface area (Å²) in [5, 5.41) is 13.5. The number of nitrogens with zero attached hydrogens (tertiary/aromatic N) is 3. The molecule has 3 heterocycles. The van der Waals surface area contributed by atoms with Crippen LogP contribution >= 0.6 is 11.3 Å². The number of hydrogen-bond donors (Lipinski definition) is 1. The number of fused-ring (bicyclic) bond motifs is 1. The van der Waals surface area contributed by atoms with E-state index in [4.69, 9.17) is 4.98 Å². The van der Waals surface area contributed by atoms with Crippen molar-refractivity contribution in [2.45, 2.75) is 89.2 Å². The van der Waals surface area contributed by atoms with Crippen LogP contribution in [0.15, 0.2) is 29.6 Å². The first-order chi connectivity index (χ1) is 16.6. The van der Waals surface area contributed by atoms with Crippen molar-refractivity contribution in [1.82, 2.24) is 9.88 Å². The predicted molar refractivity (Wildman–Crippen MR) is 139 cm³/mol. The van der Waals surface area contributed by atoms with E-state index in [9.17, 15) is 9.90 Å². The summed E-state index contributed by atoms with van der Waals surface area (Å²) in [4.78, 5) is 22.7. The molecule has 6 heteroatoms. The van der Waals surface area contributed by atoms with Gasteiger partial charge in [-0.15, -0.1) is 11.3 Å². The van der Waals surface area contributed by atoms with Crippen molar-refractivity contribution in [2.24, 2.45) is 5.92 Å². The first-order valence-electron chi connectivity index (χ1n) is 13.4. The molecule has 0 bridgehead atoms. The number of likely N-dealkylation sites (tertiary alicyclic amines) is 1. The molecule has 3 unspecified atom stereocenters. The fraction of sp³-hybridized carbons (Fsp3) is 0.643. The molecule has 34 heavy (non-hydrogen) atoms. The Morgan fingerprint density at radius 2 is 1.82 bits per heavy atom. The van der Waals surface area contributed by atoms with Gasteiger partial charge in [-0.3, -0.25) is 4.79 Å². The summed E-state index contributed by atoms with van der Waals surface area (Å²) >= 11 is 1.66. The number of anilines is 1. The fourth-order valence-corrected chi connectivity index (χ4v) is 7.20. The Morgan fingerprint density at radius 1 is 1.06 bits per heavy atom. The SMILES string of the molecule is CCCCc1ccc(N2CCC(c3nc(C(=O)N4CCC(O)C5CCCCC54)cs3)CC2)cc1. The maximum atomic E-state index is 13.4. The van der Waals surface area contributed by atoms with Gasteiger partial charge in [-0.05, 0) is 62.6 Å². The number of aryl methyl sites for hydroxylation is 1. The molecule has 1 N–H and O–H groups in total. The lowest BCUT2D eigenvalue weighted by Gasteiger charge is -2.46. The van der Waals surface area contributed by atoms with Crippen molar-refractivity contribution in [3.05, 3.63) is 45.9 Å². The van der Waals surface area contributed by atoms with Gasteiger partial charge in [0.05, 0.1) is 11.1 Å². The van der Waals surface area contributed by atoms with Gasteiger partial charge in [0.1, 0.15) is 5.69 Å². The van der Waals surface area contributed by atoms with Crippen molar-refractivity contribution in [1.29, 1.82) is 0 Å². The van der Waals surface area contributed by atoms with E-state index >= 15 is 0 Å². The lowest BCUT2D eigenvalue weighted by atomic mass is 9.76. The minimum Gasteiger partial charge on any atom is -0.393 e. The van der Waals surface area contributed by atoms with E-state index in [1.807, 2.05) is 10.3 Å². The number of aromatic nitrogens is 1. The molecule has 5 rings (SSSR count). The number of hydrogen-bond acceptors (Lipinski definition) is 5. The standard InChI is InChI=1S/C28H39N3O2S/c1-2-3-6-20-9-11-22(12-10-20)30-16-13-21(14-17-30)27-29-24(19-34-27)28(33)31-18-15-26(32)23-7-4-5-8-25(23)31/h9-12,19,21,23,25-26,32H,2-8,13-18H2,1H3. The average molecular weight is 482 g/mol. The van der Waals surface area contributed by atoms with Gasteiger partial charge < -0.3 is 14.9 Å². The Balaban J connectivity index is 1.18. The minimum absolute atomic E-state index is 0.0758.